The average Bonchev–Trinajstić information content (AvgIpc) is 3.13. The van der Waals surface area contributed by atoms with Gasteiger partial charge in [0.05, 0.1) is 6.26 Å². The molecular formula is C18H20N2O5. The lowest BCUT2D eigenvalue weighted by atomic mass is 10.0. The molecular weight excluding hydrogens is 324 g/mol. The van der Waals surface area contributed by atoms with Crippen LogP contribution in [0, 0.1) is 0 Å². The lowest BCUT2D eigenvalue weighted by Crippen LogP contribution is -2.32. The molecule has 25 heavy (non-hydrogen) atoms. The normalized spacial score (nSPS) is 10.4. The first kappa shape index (κ1) is 18.3. The van der Waals surface area contributed by atoms with Gasteiger partial charge >= 0.3 is 5.97 Å². The second-order valence-corrected chi connectivity index (χ2v) is 5.65. The molecule has 0 aliphatic heterocycles. The topological polar surface area (TPSA) is 97.6 Å². The molecule has 0 unspecified atom stereocenters. The van der Waals surface area contributed by atoms with E-state index in [2.05, 4.69) is 24.5 Å². The van der Waals surface area contributed by atoms with Gasteiger partial charge in [0.1, 0.15) is 6.54 Å². The lowest BCUT2D eigenvalue weighted by molar-refractivity contribution is -0.146. The molecule has 2 amide bonds. The predicted molar refractivity (Wildman–Crippen MR) is 91.2 cm³/mol. The van der Waals surface area contributed by atoms with Crippen LogP contribution in [0.15, 0.2) is 47.1 Å². The molecule has 0 saturated carbocycles. The Morgan fingerprint density at radius 1 is 1.12 bits per heavy atom. The highest BCUT2D eigenvalue weighted by atomic mass is 16.5. The Kier molecular flexibility index (Phi) is 6.33. The third-order valence-corrected chi connectivity index (χ3v) is 3.36. The van der Waals surface area contributed by atoms with E-state index in [-0.39, 0.29) is 12.3 Å². The minimum absolute atomic E-state index is 0.0930. The highest BCUT2D eigenvalue weighted by Gasteiger charge is 2.12. The summed E-state index contributed by atoms with van der Waals surface area (Å²) in [5.41, 5.74) is 1.79. The van der Waals surface area contributed by atoms with Crippen molar-refractivity contribution in [2.75, 3.05) is 18.5 Å². The van der Waals surface area contributed by atoms with Crippen molar-refractivity contribution in [2.45, 2.75) is 19.8 Å². The highest BCUT2D eigenvalue weighted by molar-refractivity contribution is 5.95. The summed E-state index contributed by atoms with van der Waals surface area (Å²) >= 11 is 0. The molecule has 0 radical (unpaired) electrons. The number of carbonyl (C=O) groups excluding carboxylic acids is 3. The summed E-state index contributed by atoms with van der Waals surface area (Å²) < 4.78 is 9.70. The van der Waals surface area contributed by atoms with Crippen LogP contribution >= 0.6 is 0 Å². The predicted octanol–water partition coefficient (Wildman–Crippen LogP) is 2.31. The fourth-order valence-corrected chi connectivity index (χ4v) is 1.99. The molecule has 1 aromatic heterocycles. The third kappa shape index (κ3) is 5.80. The Labute approximate surface area is 145 Å². The van der Waals surface area contributed by atoms with Crippen LogP contribution in [-0.2, 0) is 14.3 Å². The van der Waals surface area contributed by atoms with E-state index in [9.17, 15) is 14.4 Å². The fraction of sp³-hybridized carbons (Fsp3) is 0.278. The van der Waals surface area contributed by atoms with Crippen LogP contribution in [0.3, 0.4) is 0 Å². The molecule has 0 fully saturated rings. The number of hydrogen-bond donors (Lipinski definition) is 2. The summed E-state index contributed by atoms with van der Waals surface area (Å²) in [5.74, 6) is -1.21. The maximum Gasteiger partial charge on any atom is 0.325 e. The van der Waals surface area contributed by atoms with Crippen LogP contribution < -0.4 is 10.6 Å². The molecule has 7 heteroatoms. The van der Waals surface area contributed by atoms with E-state index in [0.717, 1.165) is 5.56 Å². The molecule has 7 nitrogen and oxygen atoms in total. The van der Waals surface area contributed by atoms with E-state index in [1.165, 1.54) is 12.3 Å². The number of amides is 2. The van der Waals surface area contributed by atoms with Gasteiger partial charge in [0.25, 0.3) is 11.8 Å². The molecule has 2 N–H and O–H groups in total. The molecule has 2 aromatic rings. The van der Waals surface area contributed by atoms with Gasteiger partial charge in [-0.1, -0.05) is 26.0 Å². The van der Waals surface area contributed by atoms with E-state index >= 15 is 0 Å². The number of anilines is 1. The van der Waals surface area contributed by atoms with Crippen LogP contribution in [0.2, 0.25) is 0 Å². The third-order valence-electron chi connectivity index (χ3n) is 3.36. The molecule has 1 aromatic carbocycles. The van der Waals surface area contributed by atoms with Crippen molar-refractivity contribution in [2.24, 2.45) is 0 Å². The van der Waals surface area contributed by atoms with Crippen LogP contribution in [0.1, 0.15) is 35.9 Å². The van der Waals surface area contributed by atoms with Gasteiger partial charge in [0, 0.05) is 5.69 Å². The van der Waals surface area contributed by atoms with Crippen LogP contribution in [-0.4, -0.2) is 30.9 Å². The number of hydrogen-bond acceptors (Lipinski definition) is 5. The second kappa shape index (κ2) is 8.68. The lowest BCUT2D eigenvalue weighted by Gasteiger charge is -2.09. The van der Waals surface area contributed by atoms with Gasteiger partial charge in [-0.2, -0.15) is 0 Å². The number of nitrogens with one attached hydrogen (secondary N) is 2. The average molecular weight is 344 g/mol. The zero-order chi connectivity index (χ0) is 18.2. The summed E-state index contributed by atoms with van der Waals surface area (Å²) in [6.45, 7) is 3.38. The van der Waals surface area contributed by atoms with Gasteiger partial charge in [0.2, 0.25) is 0 Å². The van der Waals surface area contributed by atoms with Gasteiger partial charge in [-0.25, -0.2) is 0 Å². The van der Waals surface area contributed by atoms with Crippen molar-refractivity contribution < 1.29 is 23.5 Å². The Morgan fingerprint density at radius 2 is 1.84 bits per heavy atom. The quantitative estimate of drug-likeness (QED) is 0.751. The van der Waals surface area contributed by atoms with Gasteiger partial charge in [-0.3, -0.25) is 14.4 Å². The molecule has 0 saturated heterocycles. The summed E-state index contributed by atoms with van der Waals surface area (Å²) in [5, 5.41) is 4.97. The molecule has 0 aliphatic carbocycles. The van der Waals surface area contributed by atoms with E-state index < -0.39 is 24.4 Å². The minimum atomic E-state index is -0.717. The monoisotopic (exact) mass is 344 g/mol. The number of esters is 1. The standard InChI is InChI=1S/C18H20N2O5/c1-12(2)13-5-7-14(8-6-13)20-16(21)11-25-17(22)10-19-18(23)15-4-3-9-24-15/h3-9,12H,10-11H2,1-2H3,(H,19,23)(H,20,21). The van der Waals surface area contributed by atoms with Crippen molar-refractivity contribution in [3.8, 4) is 0 Å². The second-order valence-electron chi connectivity index (χ2n) is 5.65. The molecule has 0 atom stereocenters. The first-order valence-electron chi connectivity index (χ1n) is 7.83. The summed E-state index contributed by atoms with van der Waals surface area (Å²) in [4.78, 5) is 34.9. The van der Waals surface area contributed by atoms with Gasteiger partial charge in [-0.05, 0) is 35.7 Å². The molecule has 132 valence electrons. The number of ether oxygens (including phenoxy) is 1. The molecule has 0 bridgehead atoms. The number of benzene rings is 1. The number of carbonyl (C=O) groups is 3. The molecule has 0 aliphatic rings. The van der Waals surface area contributed by atoms with E-state index in [4.69, 9.17) is 9.15 Å². The summed E-state index contributed by atoms with van der Waals surface area (Å²) in [6.07, 6.45) is 1.35. The Bertz CT molecular complexity index is 720. The number of rotatable bonds is 7. The Balaban J connectivity index is 1.70. The van der Waals surface area contributed by atoms with Gasteiger partial charge in [0.15, 0.2) is 12.4 Å². The van der Waals surface area contributed by atoms with Crippen LogP contribution in [0.5, 0.6) is 0 Å². The van der Waals surface area contributed by atoms with Crippen LogP contribution in [0.4, 0.5) is 5.69 Å². The van der Waals surface area contributed by atoms with Gasteiger partial charge in [-0.15, -0.1) is 0 Å². The van der Waals surface area contributed by atoms with E-state index in [0.29, 0.717) is 11.6 Å². The van der Waals surface area contributed by atoms with E-state index in [1.54, 1.807) is 18.2 Å². The Morgan fingerprint density at radius 3 is 2.44 bits per heavy atom. The SMILES string of the molecule is CC(C)c1ccc(NC(=O)COC(=O)CNC(=O)c2ccco2)cc1. The van der Waals surface area contributed by atoms with Crippen molar-refractivity contribution in [1.29, 1.82) is 0 Å². The zero-order valence-electron chi connectivity index (χ0n) is 14.1. The summed E-state index contributed by atoms with van der Waals surface area (Å²) in [6, 6.07) is 10.5. The number of furan rings is 1. The highest BCUT2D eigenvalue weighted by Crippen LogP contribution is 2.16. The maximum absolute atomic E-state index is 11.8. The van der Waals surface area contributed by atoms with E-state index in [1.807, 2.05) is 12.1 Å². The molecule has 1 heterocycles. The fourth-order valence-electron chi connectivity index (χ4n) is 1.99. The molecule has 2 rings (SSSR count). The maximum atomic E-state index is 11.8. The zero-order valence-corrected chi connectivity index (χ0v) is 14.1. The van der Waals surface area contributed by atoms with Crippen molar-refractivity contribution in [1.82, 2.24) is 5.32 Å². The van der Waals surface area contributed by atoms with Crippen molar-refractivity contribution in [3.63, 3.8) is 0 Å². The summed E-state index contributed by atoms with van der Waals surface area (Å²) in [7, 11) is 0. The first-order valence-corrected chi connectivity index (χ1v) is 7.83. The minimum Gasteiger partial charge on any atom is -0.459 e. The van der Waals surface area contributed by atoms with Crippen molar-refractivity contribution in [3.05, 3.63) is 54.0 Å². The Hall–Kier alpha value is -3.09. The van der Waals surface area contributed by atoms with Crippen LogP contribution in [0.25, 0.3) is 0 Å². The van der Waals surface area contributed by atoms with Crippen molar-refractivity contribution >= 4 is 23.5 Å². The smallest absolute Gasteiger partial charge is 0.325 e. The molecule has 0 spiro atoms. The van der Waals surface area contributed by atoms with Gasteiger partial charge < -0.3 is 19.8 Å². The first-order chi connectivity index (χ1) is 12.0. The largest absolute Gasteiger partial charge is 0.459 e.